The number of carbonyl (C=O) groups is 2. The Morgan fingerprint density at radius 2 is 1.90 bits per heavy atom. The number of hydrogen-bond donors (Lipinski definition) is 2. The van der Waals surface area contributed by atoms with Crippen LogP contribution in [0.1, 0.15) is 26.2 Å². The molecule has 2 N–H and O–H groups in total. The van der Waals surface area contributed by atoms with Gasteiger partial charge in [0.15, 0.2) is 0 Å². The molecule has 3 aliphatic rings. The number of ether oxygens (including phenoxy) is 1. The maximum absolute atomic E-state index is 12.5. The maximum Gasteiger partial charge on any atom is 0.307 e. The van der Waals surface area contributed by atoms with E-state index < -0.39 is 17.8 Å². The van der Waals surface area contributed by atoms with Crippen molar-refractivity contribution in [1.82, 2.24) is 5.32 Å². The second-order valence-electron chi connectivity index (χ2n) is 6.25. The van der Waals surface area contributed by atoms with E-state index in [0.29, 0.717) is 6.61 Å². The van der Waals surface area contributed by atoms with E-state index in [1.165, 1.54) is 0 Å². The number of carboxylic acids is 1. The van der Waals surface area contributed by atoms with Gasteiger partial charge >= 0.3 is 5.97 Å². The Balaban J connectivity index is 1.67. The molecule has 2 bridgehead atoms. The molecule has 6 atom stereocenters. The molecule has 1 amide bonds. The van der Waals surface area contributed by atoms with E-state index in [-0.39, 0.29) is 29.9 Å². The number of allylic oxidation sites excluding steroid dienone is 2. The fourth-order valence-corrected chi connectivity index (χ4v) is 3.94. The maximum atomic E-state index is 12.5. The van der Waals surface area contributed by atoms with Gasteiger partial charge in [-0.25, -0.2) is 0 Å². The third-order valence-electron chi connectivity index (χ3n) is 4.88. The average molecular weight is 279 g/mol. The Morgan fingerprint density at radius 1 is 1.20 bits per heavy atom. The zero-order valence-corrected chi connectivity index (χ0v) is 11.6. The van der Waals surface area contributed by atoms with Gasteiger partial charge < -0.3 is 15.2 Å². The van der Waals surface area contributed by atoms with Gasteiger partial charge in [0, 0.05) is 12.6 Å². The van der Waals surface area contributed by atoms with Gasteiger partial charge in [-0.05, 0) is 38.0 Å². The van der Waals surface area contributed by atoms with E-state index in [1.807, 2.05) is 19.1 Å². The number of rotatable bonds is 3. The highest BCUT2D eigenvalue weighted by Gasteiger charge is 2.51. The topological polar surface area (TPSA) is 75.6 Å². The number of amides is 1. The summed E-state index contributed by atoms with van der Waals surface area (Å²) in [7, 11) is 0. The average Bonchev–Trinajstić information content (AvgIpc) is 2.98. The lowest BCUT2D eigenvalue weighted by molar-refractivity contribution is -0.148. The molecular weight excluding hydrogens is 258 g/mol. The Bertz CT molecular complexity index is 447. The second kappa shape index (κ2) is 5.20. The van der Waals surface area contributed by atoms with Crippen molar-refractivity contribution in [3.63, 3.8) is 0 Å². The quantitative estimate of drug-likeness (QED) is 0.761. The lowest BCUT2D eigenvalue weighted by Crippen LogP contribution is -2.47. The van der Waals surface area contributed by atoms with Crippen LogP contribution in [0, 0.1) is 23.7 Å². The number of carboxylic acid groups (broad SMARTS) is 1. The molecule has 3 rings (SSSR count). The van der Waals surface area contributed by atoms with Crippen LogP contribution in [0.2, 0.25) is 0 Å². The minimum atomic E-state index is -0.845. The molecule has 20 heavy (non-hydrogen) atoms. The van der Waals surface area contributed by atoms with Gasteiger partial charge in [0.05, 0.1) is 17.9 Å². The molecule has 6 unspecified atom stereocenters. The first-order chi connectivity index (χ1) is 9.56. The highest BCUT2D eigenvalue weighted by molar-refractivity contribution is 5.87. The highest BCUT2D eigenvalue weighted by atomic mass is 16.5. The molecule has 5 heteroatoms. The van der Waals surface area contributed by atoms with Crippen molar-refractivity contribution >= 4 is 11.9 Å². The van der Waals surface area contributed by atoms with Crippen LogP contribution in [-0.2, 0) is 14.3 Å². The lowest BCUT2D eigenvalue weighted by Gasteiger charge is -2.31. The van der Waals surface area contributed by atoms with Crippen LogP contribution >= 0.6 is 0 Å². The Labute approximate surface area is 118 Å². The smallest absolute Gasteiger partial charge is 0.307 e. The van der Waals surface area contributed by atoms with Crippen LogP contribution in [0.5, 0.6) is 0 Å². The molecule has 110 valence electrons. The van der Waals surface area contributed by atoms with Crippen molar-refractivity contribution in [2.75, 3.05) is 6.61 Å². The summed E-state index contributed by atoms with van der Waals surface area (Å²) in [6.45, 7) is 2.66. The number of aliphatic carboxylic acids is 1. The fourth-order valence-electron chi connectivity index (χ4n) is 3.94. The van der Waals surface area contributed by atoms with Gasteiger partial charge in [-0.1, -0.05) is 12.2 Å². The minimum absolute atomic E-state index is 0.0295. The summed E-state index contributed by atoms with van der Waals surface area (Å²) in [6, 6.07) is 0.115. The van der Waals surface area contributed by atoms with Crippen molar-refractivity contribution in [1.29, 1.82) is 0 Å². The van der Waals surface area contributed by atoms with Gasteiger partial charge in [0.25, 0.3) is 0 Å². The molecule has 5 nitrogen and oxygen atoms in total. The second-order valence-corrected chi connectivity index (χ2v) is 6.25. The lowest BCUT2D eigenvalue weighted by atomic mass is 9.82. The Kier molecular flexibility index (Phi) is 3.54. The largest absolute Gasteiger partial charge is 0.481 e. The first-order valence-electron chi connectivity index (χ1n) is 7.39. The normalized spacial score (nSPS) is 42.6. The summed E-state index contributed by atoms with van der Waals surface area (Å²) in [6.07, 6.45) is 6.55. The van der Waals surface area contributed by atoms with Gasteiger partial charge in [-0.2, -0.15) is 0 Å². The summed E-state index contributed by atoms with van der Waals surface area (Å²) in [5.41, 5.74) is 0. The molecule has 0 aromatic rings. The molecule has 1 heterocycles. The Hall–Kier alpha value is -1.36. The van der Waals surface area contributed by atoms with E-state index >= 15 is 0 Å². The third kappa shape index (κ3) is 2.35. The first-order valence-corrected chi connectivity index (χ1v) is 7.39. The van der Waals surface area contributed by atoms with E-state index in [1.54, 1.807) is 0 Å². The molecule has 1 saturated carbocycles. The van der Waals surface area contributed by atoms with Crippen molar-refractivity contribution in [2.45, 2.75) is 38.3 Å². The van der Waals surface area contributed by atoms with Crippen LogP contribution in [-0.4, -0.2) is 35.7 Å². The molecule has 0 aromatic carbocycles. The number of carbonyl (C=O) groups excluding carboxylic acids is 1. The Morgan fingerprint density at radius 3 is 2.55 bits per heavy atom. The SMILES string of the molecule is CC1CC(NC(=O)C2C3C=CC(C3)C2C(=O)O)CCO1. The predicted molar refractivity (Wildman–Crippen MR) is 71.9 cm³/mol. The molecule has 0 spiro atoms. The van der Waals surface area contributed by atoms with Gasteiger partial charge in [-0.15, -0.1) is 0 Å². The third-order valence-corrected chi connectivity index (χ3v) is 4.88. The first kappa shape index (κ1) is 13.6. The van der Waals surface area contributed by atoms with Crippen molar-refractivity contribution in [3.8, 4) is 0 Å². The van der Waals surface area contributed by atoms with Gasteiger partial charge in [-0.3, -0.25) is 9.59 Å². The summed E-state index contributed by atoms with van der Waals surface area (Å²) in [5, 5.41) is 12.4. The zero-order chi connectivity index (χ0) is 14.3. The van der Waals surface area contributed by atoms with E-state index in [9.17, 15) is 14.7 Å². The monoisotopic (exact) mass is 279 g/mol. The molecular formula is C15H21NO4. The van der Waals surface area contributed by atoms with Crippen LogP contribution in [0.25, 0.3) is 0 Å². The summed E-state index contributed by atoms with van der Waals surface area (Å²) in [5.74, 6) is -1.76. The molecule has 1 saturated heterocycles. The van der Waals surface area contributed by atoms with Crippen molar-refractivity contribution < 1.29 is 19.4 Å². The van der Waals surface area contributed by atoms with Crippen molar-refractivity contribution in [3.05, 3.63) is 12.2 Å². The van der Waals surface area contributed by atoms with Gasteiger partial charge in [0.1, 0.15) is 0 Å². The number of nitrogens with one attached hydrogen (secondary N) is 1. The predicted octanol–water partition coefficient (Wildman–Crippen LogP) is 1.19. The van der Waals surface area contributed by atoms with E-state index in [4.69, 9.17) is 4.74 Å². The van der Waals surface area contributed by atoms with Crippen LogP contribution in [0.3, 0.4) is 0 Å². The molecule has 2 fully saturated rings. The number of hydrogen-bond acceptors (Lipinski definition) is 3. The summed E-state index contributed by atoms with van der Waals surface area (Å²) < 4.78 is 5.47. The van der Waals surface area contributed by atoms with Crippen LogP contribution in [0.15, 0.2) is 12.2 Å². The van der Waals surface area contributed by atoms with Gasteiger partial charge in [0.2, 0.25) is 5.91 Å². The molecule has 1 aliphatic heterocycles. The highest BCUT2D eigenvalue weighted by Crippen LogP contribution is 2.48. The zero-order valence-electron chi connectivity index (χ0n) is 11.6. The molecule has 0 radical (unpaired) electrons. The minimum Gasteiger partial charge on any atom is -0.481 e. The van der Waals surface area contributed by atoms with E-state index in [2.05, 4.69) is 5.32 Å². The number of fused-ring (bicyclic) bond motifs is 2. The van der Waals surface area contributed by atoms with Crippen LogP contribution < -0.4 is 5.32 Å². The standard InChI is InChI=1S/C15H21NO4/c1-8-6-11(4-5-20-8)16-14(17)12-9-2-3-10(7-9)13(12)15(18)19/h2-3,8-13H,4-7H2,1H3,(H,16,17)(H,18,19). The van der Waals surface area contributed by atoms with Crippen molar-refractivity contribution in [2.24, 2.45) is 23.7 Å². The van der Waals surface area contributed by atoms with E-state index in [0.717, 1.165) is 19.3 Å². The van der Waals surface area contributed by atoms with Crippen LogP contribution in [0.4, 0.5) is 0 Å². The molecule has 0 aromatic heterocycles. The summed E-state index contributed by atoms with van der Waals surface area (Å²) >= 11 is 0. The fraction of sp³-hybridized carbons (Fsp3) is 0.733. The summed E-state index contributed by atoms with van der Waals surface area (Å²) in [4.78, 5) is 23.9. The molecule has 2 aliphatic carbocycles.